The molecule has 0 fully saturated rings. The Bertz CT molecular complexity index is 439. The zero-order valence-electron chi connectivity index (χ0n) is 12.9. The minimum atomic E-state index is -0.585. The number of hydrogen-bond donors (Lipinski definition) is 1. The van der Waals surface area contributed by atoms with E-state index < -0.39 is 5.60 Å². The monoisotopic (exact) mass is 260 g/mol. The molecule has 0 radical (unpaired) electrons. The fraction of sp³-hybridized carbons (Fsp3) is 0.667. The van der Waals surface area contributed by atoms with Crippen molar-refractivity contribution in [1.82, 2.24) is 0 Å². The van der Waals surface area contributed by atoms with Crippen molar-refractivity contribution < 1.29 is 5.11 Å². The lowest BCUT2D eigenvalue weighted by Gasteiger charge is -2.36. The highest BCUT2D eigenvalue weighted by Crippen LogP contribution is 2.39. The first-order valence-corrected chi connectivity index (χ1v) is 7.64. The zero-order valence-corrected chi connectivity index (χ0v) is 12.9. The van der Waals surface area contributed by atoms with Crippen molar-refractivity contribution in [2.24, 2.45) is 5.92 Å². The predicted molar refractivity (Wildman–Crippen MR) is 82.0 cm³/mol. The molecule has 1 nitrogen and oxygen atoms in total. The van der Waals surface area contributed by atoms with Gasteiger partial charge in [-0.15, -0.1) is 0 Å². The molecule has 1 heteroatoms. The lowest BCUT2D eigenvalue weighted by Crippen LogP contribution is -2.34. The molecule has 2 atom stereocenters. The van der Waals surface area contributed by atoms with Gasteiger partial charge in [-0.1, -0.05) is 28.9 Å². The molecule has 0 saturated heterocycles. The molecule has 0 heterocycles. The summed E-state index contributed by atoms with van der Waals surface area (Å²) in [6.07, 6.45) is 11.0. The van der Waals surface area contributed by atoms with Crippen LogP contribution in [0.15, 0.2) is 34.4 Å². The minimum absolute atomic E-state index is 0.585. The van der Waals surface area contributed by atoms with E-state index in [2.05, 4.69) is 39.8 Å². The Balaban J connectivity index is 2.21. The number of hydrogen-bond acceptors (Lipinski definition) is 1. The summed E-state index contributed by atoms with van der Waals surface area (Å²) in [5.41, 5.74) is 4.93. The lowest BCUT2D eigenvalue weighted by molar-refractivity contribution is 0.0636. The van der Waals surface area contributed by atoms with Gasteiger partial charge in [-0.3, -0.25) is 0 Å². The summed E-state index contributed by atoms with van der Waals surface area (Å²) in [6.45, 7) is 8.77. The second-order valence-electron chi connectivity index (χ2n) is 6.63. The summed E-state index contributed by atoms with van der Waals surface area (Å²) < 4.78 is 0. The predicted octanol–water partition coefficient (Wildman–Crippen LogP) is 4.93. The summed E-state index contributed by atoms with van der Waals surface area (Å²) in [6, 6.07) is 0. The molecule has 0 aliphatic heterocycles. The van der Waals surface area contributed by atoms with E-state index in [0.717, 1.165) is 19.3 Å². The van der Waals surface area contributed by atoms with Gasteiger partial charge in [0.1, 0.15) is 0 Å². The molecule has 2 aliphatic rings. The topological polar surface area (TPSA) is 20.2 Å². The lowest BCUT2D eigenvalue weighted by atomic mass is 9.74. The van der Waals surface area contributed by atoms with E-state index in [4.69, 9.17) is 0 Å². The fourth-order valence-electron chi connectivity index (χ4n) is 3.65. The maximum absolute atomic E-state index is 11.0. The Morgan fingerprint density at radius 3 is 2.47 bits per heavy atom. The smallest absolute Gasteiger partial charge is 0.0896 e. The summed E-state index contributed by atoms with van der Waals surface area (Å²) in [7, 11) is 0. The van der Waals surface area contributed by atoms with Crippen LogP contribution in [0.1, 0.15) is 66.2 Å². The van der Waals surface area contributed by atoms with Crippen LogP contribution in [0.4, 0.5) is 0 Å². The first-order valence-electron chi connectivity index (χ1n) is 7.64. The zero-order chi connectivity index (χ0) is 14.0. The van der Waals surface area contributed by atoms with Gasteiger partial charge < -0.3 is 5.11 Å². The molecule has 1 N–H and O–H groups in total. The molecule has 0 aromatic rings. The highest BCUT2D eigenvalue weighted by atomic mass is 16.3. The second-order valence-corrected chi connectivity index (χ2v) is 6.63. The largest absolute Gasteiger partial charge is 0.385 e. The standard InChI is InChI=1S/C18H28O/c1-13-7-5-9-17(11-13)15(3)16(4)18(19)10-6-8-14(2)12-18/h7-8,17,19H,5-6,9-12H2,1-4H3/b16-15+. The molecular formula is C18H28O. The molecule has 2 unspecified atom stereocenters. The quantitative estimate of drug-likeness (QED) is 0.698. The fourth-order valence-corrected chi connectivity index (χ4v) is 3.65. The van der Waals surface area contributed by atoms with E-state index in [-0.39, 0.29) is 0 Å². The van der Waals surface area contributed by atoms with E-state index in [0.29, 0.717) is 5.92 Å². The van der Waals surface area contributed by atoms with E-state index in [1.165, 1.54) is 41.6 Å². The first-order chi connectivity index (χ1) is 8.92. The number of allylic oxidation sites excluding steroid dienone is 4. The van der Waals surface area contributed by atoms with Gasteiger partial charge in [0.15, 0.2) is 0 Å². The van der Waals surface area contributed by atoms with Crippen LogP contribution in [0.3, 0.4) is 0 Å². The molecule has 0 spiro atoms. The summed E-state index contributed by atoms with van der Waals surface area (Å²) in [5, 5.41) is 11.0. The van der Waals surface area contributed by atoms with Gasteiger partial charge in [0.25, 0.3) is 0 Å². The van der Waals surface area contributed by atoms with Crippen molar-refractivity contribution in [3.05, 3.63) is 34.4 Å². The van der Waals surface area contributed by atoms with Gasteiger partial charge >= 0.3 is 0 Å². The van der Waals surface area contributed by atoms with Gasteiger partial charge in [-0.2, -0.15) is 0 Å². The normalized spacial score (nSPS) is 33.4. The van der Waals surface area contributed by atoms with Crippen molar-refractivity contribution in [2.75, 3.05) is 0 Å². The average Bonchev–Trinajstić information content (AvgIpc) is 2.36. The van der Waals surface area contributed by atoms with Crippen molar-refractivity contribution in [1.29, 1.82) is 0 Å². The van der Waals surface area contributed by atoms with Gasteiger partial charge in [-0.25, -0.2) is 0 Å². The van der Waals surface area contributed by atoms with Crippen molar-refractivity contribution in [3.63, 3.8) is 0 Å². The minimum Gasteiger partial charge on any atom is -0.385 e. The SMILES string of the molecule is CC1=CCCC(/C(C)=C(\C)C2(O)CCC=C(C)C2)C1. The molecule has 19 heavy (non-hydrogen) atoms. The second kappa shape index (κ2) is 5.66. The highest BCUT2D eigenvalue weighted by Gasteiger charge is 2.33. The Kier molecular flexibility index (Phi) is 4.35. The van der Waals surface area contributed by atoms with Crippen LogP contribution in [0.2, 0.25) is 0 Å². The molecule has 0 amide bonds. The summed E-state index contributed by atoms with van der Waals surface area (Å²) in [5.74, 6) is 0.639. The van der Waals surface area contributed by atoms with Crippen LogP contribution in [0, 0.1) is 5.92 Å². The highest BCUT2D eigenvalue weighted by molar-refractivity contribution is 5.29. The van der Waals surface area contributed by atoms with Crippen LogP contribution in [0.5, 0.6) is 0 Å². The molecule has 0 aromatic carbocycles. The summed E-state index contributed by atoms with van der Waals surface area (Å²) in [4.78, 5) is 0. The van der Waals surface area contributed by atoms with E-state index in [1.807, 2.05) is 0 Å². The Morgan fingerprint density at radius 1 is 1.16 bits per heavy atom. The van der Waals surface area contributed by atoms with Gasteiger partial charge in [0.2, 0.25) is 0 Å². The molecule has 2 aliphatic carbocycles. The first kappa shape index (κ1) is 14.6. The Morgan fingerprint density at radius 2 is 1.84 bits per heavy atom. The maximum atomic E-state index is 11.0. The van der Waals surface area contributed by atoms with Gasteiger partial charge in [-0.05, 0) is 71.3 Å². The Labute approximate surface area is 118 Å². The van der Waals surface area contributed by atoms with Gasteiger partial charge in [0.05, 0.1) is 5.60 Å². The maximum Gasteiger partial charge on any atom is 0.0896 e. The average molecular weight is 260 g/mol. The molecule has 2 rings (SSSR count). The van der Waals surface area contributed by atoms with Gasteiger partial charge in [0, 0.05) is 6.42 Å². The van der Waals surface area contributed by atoms with Crippen LogP contribution in [-0.2, 0) is 0 Å². The molecule has 0 aromatic heterocycles. The number of rotatable bonds is 2. The molecule has 0 bridgehead atoms. The van der Waals surface area contributed by atoms with E-state index >= 15 is 0 Å². The van der Waals surface area contributed by atoms with E-state index in [1.54, 1.807) is 0 Å². The third-order valence-corrected chi connectivity index (χ3v) is 5.10. The van der Waals surface area contributed by atoms with E-state index in [9.17, 15) is 5.11 Å². The van der Waals surface area contributed by atoms with Crippen molar-refractivity contribution in [2.45, 2.75) is 71.8 Å². The number of aliphatic hydroxyl groups is 1. The molecule has 0 saturated carbocycles. The van der Waals surface area contributed by atoms with Crippen LogP contribution >= 0.6 is 0 Å². The van der Waals surface area contributed by atoms with Crippen molar-refractivity contribution in [3.8, 4) is 0 Å². The third-order valence-electron chi connectivity index (χ3n) is 5.10. The molecular weight excluding hydrogens is 232 g/mol. The van der Waals surface area contributed by atoms with Crippen molar-refractivity contribution >= 4 is 0 Å². The molecule has 106 valence electrons. The van der Waals surface area contributed by atoms with Crippen LogP contribution < -0.4 is 0 Å². The van der Waals surface area contributed by atoms with Crippen LogP contribution in [0.25, 0.3) is 0 Å². The Hall–Kier alpha value is -0.820. The third kappa shape index (κ3) is 3.20. The van der Waals surface area contributed by atoms with Crippen LogP contribution in [-0.4, -0.2) is 10.7 Å². The summed E-state index contributed by atoms with van der Waals surface area (Å²) >= 11 is 0.